The van der Waals surface area contributed by atoms with Gasteiger partial charge in [-0.3, -0.25) is 4.79 Å². The second kappa shape index (κ2) is 4.94. The monoisotopic (exact) mass is 207 g/mol. The van der Waals surface area contributed by atoms with Crippen molar-refractivity contribution in [1.29, 1.82) is 0 Å². The molecule has 0 bridgehead atoms. The molecule has 3 nitrogen and oxygen atoms in total. The zero-order valence-electron chi connectivity index (χ0n) is 9.07. The molecule has 82 valence electrons. The number of aliphatic hydroxyl groups excluding tert-OH is 1. The van der Waals surface area contributed by atoms with E-state index < -0.39 is 6.10 Å². The molecule has 15 heavy (non-hydrogen) atoms. The van der Waals surface area contributed by atoms with E-state index in [4.69, 9.17) is 0 Å². The third-order valence-corrected chi connectivity index (χ3v) is 2.51. The van der Waals surface area contributed by atoms with Gasteiger partial charge >= 0.3 is 0 Å². The highest BCUT2D eigenvalue weighted by atomic mass is 16.3. The van der Waals surface area contributed by atoms with Crippen molar-refractivity contribution in [3.8, 4) is 0 Å². The summed E-state index contributed by atoms with van der Waals surface area (Å²) in [6.45, 7) is 9.53. The number of carbonyl (C=O) groups excluding carboxylic acids is 1. The van der Waals surface area contributed by atoms with Crippen molar-refractivity contribution < 1.29 is 9.90 Å². The Morgan fingerprint density at radius 2 is 2.20 bits per heavy atom. The minimum atomic E-state index is -0.968. The molecule has 0 saturated heterocycles. The first kappa shape index (κ1) is 11.7. The van der Waals surface area contributed by atoms with Crippen molar-refractivity contribution in [3.05, 3.63) is 36.6 Å². The van der Waals surface area contributed by atoms with Crippen LogP contribution in [0.25, 0.3) is 0 Å². The van der Waals surface area contributed by atoms with Crippen LogP contribution in [0.5, 0.6) is 0 Å². The Labute approximate surface area is 90.4 Å². The fourth-order valence-corrected chi connectivity index (χ4v) is 1.75. The molecular formula is C12H17NO2. The van der Waals surface area contributed by atoms with Gasteiger partial charge in [0.1, 0.15) is 6.10 Å². The van der Waals surface area contributed by atoms with E-state index in [1.54, 1.807) is 17.1 Å². The number of carbonyl (C=O) groups is 1. The molecule has 1 heterocycles. The van der Waals surface area contributed by atoms with Gasteiger partial charge in [0.25, 0.3) is 5.91 Å². The van der Waals surface area contributed by atoms with Crippen LogP contribution in [0.15, 0.2) is 36.6 Å². The minimum absolute atomic E-state index is 0.274. The molecule has 1 unspecified atom stereocenters. The molecule has 1 aliphatic heterocycles. The van der Waals surface area contributed by atoms with Gasteiger partial charge in [0, 0.05) is 12.2 Å². The van der Waals surface area contributed by atoms with Gasteiger partial charge in [0.15, 0.2) is 0 Å². The molecule has 1 N–H and O–H groups in total. The number of aliphatic hydroxyl groups is 1. The van der Waals surface area contributed by atoms with Gasteiger partial charge in [0.05, 0.1) is 0 Å². The first-order valence-corrected chi connectivity index (χ1v) is 5.09. The highest BCUT2D eigenvalue weighted by molar-refractivity contribution is 5.82. The van der Waals surface area contributed by atoms with Crippen LogP contribution in [-0.4, -0.2) is 28.6 Å². The largest absolute Gasteiger partial charge is 0.384 e. The van der Waals surface area contributed by atoms with Gasteiger partial charge in [0.2, 0.25) is 0 Å². The van der Waals surface area contributed by atoms with Gasteiger partial charge in [-0.25, -0.2) is 0 Å². The van der Waals surface area contributed by atoms with E-state index in [9.17, 15) is 9.90 Å². The molecule has 0 spiro atoms. The number of hydrogen-bond acceptors (Lipinski definition) is 2. The topological polar surface area (TPSA) is 40.5 Å². The number of allylic oxidation sites excluding steroid dienone is 3. The van der Waals surface area contributed by atoms with Gasteiger partial charge in [-0.05, 0) is 31.4 Å². The first-order valence-electron chi connectivity index (χ1n) is 5.09. The highest BCUT2D eigenvalue weighted by Crippen LogP contribution is 2.24. The predicted octanol–water partition coefficient (Wildman–Crippen LogP) is 1.62. The summed E-state index contributed by atoms with van der Waals surface area (Å²) >= 11 is 0. The van der Waals surface area contributed by atoms with Crippen LogP contribution in [0.1, 0.15) is 19.8 Å². The molecule has 3 heteroatoms. The van der Waals surface area contributed by atoms with Crippen LogP contribution in [0.4, 0.5) is 0 Å². The normalized spacial score (nSPS) is 18.7. The van der Waals surface area contributed by atoms with Crippen LogP contribution in [0.3, 0.4) is 0 Å². The lowest BCUT2D eigenvalue weighted by Crippen LogP contribution is -2.39. The molecule has 0 radical (unpaired) electrons. The van der Waals surface area contributed by atoms with Crippen molar-refractivity contribution in [2.45, 2.75) is 25.9 Å². The molecule has 0 saturated carbocycles. The van der Waals surface area contributed by atoms with E-state index in [1.165, 1.54) is 6.92 Å². The van der Waals surface area contributed by atoms with Gasteiger partial charge in [-0.15, -0.1) is 0 Å². The lowest BCUT2D eigenvalue weighted by atomic mass is 10.0. The first-order chi connectivity index (χ1) is 7.11. The maximum absolute atomic E-state index is 11.7. The number of rotatable bonds is 3. The Hall–Kier alpha value is -1.35. The fraction of sp³-hybridized carbons (Fsp3) is 0.417. The number of hydrogen-bond donors (Lipinski definition) is 1. The van der Waals surface area contributed by atoms with E-state index in [-0.39, 0.29) is 5.91 Å². The van der Waals surface area contributed by atoms with Gasteiger partial charge < -0.3 is 10.0 Å². The van der Waals surface area contributed by atoms with E-state index in [2.05, 4.69) is 13.2 Å². The Morgan fingerprint density at radius 1 is 1.53 bits per heavy atom. The summed E-state index contributed by atoms with van der Waals surface area (Å²) in [6, 6.07) is 0. The molecule has 0 aliphatic carbocycles. The average molecular weight is 207 g/mol. The molecule has 0 aromatic rings. The van der Waals surface area contributed by atoms with E-state index >= 15 is 0 Å². The Bertz CT molecular complexity index is 316. The molecule has 0 fully saturated rings. The Morgan fingerprint density at radius 3 is 2.67 bits per heavy atom. The maximum atomic E-state index is 11.7. The lowest BCUT2D eigenvalue weighted by molar-refractivity contribution is -0.137. The van der Waals surface area contributed by atoms with Crippen molar-refractivity contribution in [2.24, 2.45) is 0 Å². The third-order valence-electron chi connectivity index (χ3n) is 2.51. The standard InChI is InChI=1S/C12H17NO2/c1-4-10-7-6-8-13(11(10)5-2)12(15)9(3)14/h4-5,9,14H,1-2,6-8H2,3H3. The molecule has 1 amide bonds. The van der Waals surface area contributed by atoms with Gasteiger partial charge in [-0.2, -0.15) is 0 Å². The van der Waals surface area contributed by atoms with Crippen LogP contribution in [-0.2, 0) is 4.79 Å². The summed E-state index contributed by atoms with van der Waals surface area (Å²) in [4.78, 5) is 13.3. The Kier molecular flexibility index (Phi) is 3.86. The van der Waals surface area contributed by atoms with Crippen molar-refractivity contribution in [1.82, 2.24) is 4.90 Å². The third kappa shape index (κ3) is 2.36. The lowest BCUT2D eigenvalue weighted by Gasteiger charge is -2.30. The molecule has 0 aromatic carbocycles. The summed E-state index contributed by atoms with van der Waals surface area (Å²) in [6.07, 6.45) is 4.24. The van der Waals surface area contributed by atoms with Crippen molar-refractivity contribution in [3.63, 3.8) is 0 Å². The van der Waals surface area contributed by atoms with Gasteiger partial charge in [-0.1, -0.05) is 19.2 Å². The van der Waals surface area contributed by atoms with E-state index in [0.717, 1.165) is 24.1 Å². The fourth-order valence-electron chi connectivity index (χ4n) is 1.75. The van der Waals surface area contributed by atoms with E-state index in [1.807, 2.05) is 0 Å². The highest BCUT2D eigenvalue weighted by Gasteiger charge is 2.24. The summed E-state index contributed by atoms with van der Waals surface area (Å²) in [5, 5.41) is 9.27. The quantitative estimate of drug-likeness (QED) is 0.764. The molecular weight excluding hydrogens is 190 g/mol. The minimum Gasteiger partial charge on any atom is -0.384 e. The molecule has 1 aliphatic rings. The number of nitrogens with zero attached hydrogens (tertiary/aromatic N) is 1. The smallest absolute Gasteiger partial charge is 0.255 e. The van der Waals surface area contributed by atoms with Crippen LogP contribution in [0.2, 0.25) is 0 Å². The average Bonchev–Trinajstić information content (AvgIpc) is 2.26. The predicted molar refractivity (Wildman–Crippen MR) is 60.0 cm³/mol. The van der Waals surface area contributed by atoms with Crippen LogP contribution in [0, 0.1) is 0 Å². The second-order valence-corrected chi connectivity index (χ2v) is 3.59. The van der Waals surface area contributed by atoms with Crippen LogP contribution < -0.4 is 0 Å². The molecule has 0 aromatic heterocycles. The summed E-state index contributed by atoms with van der Waals surface area (Å²) in [5.41, 5.74) is 1.80. The van der Waals surface area contributed by atoms with E-state index in [0.29, 0.717) is 6.54 Å². The van der Waals surface area contributed by atoms with Crippen molar-refractivity contribution in [2.75, 3.05) is 6.54 Å². The van der Waals surface area contributed by atoms with Crippen LogP contribution >= 0.6 is 0 Å². The zero-order chi connectivity index (χ0) is 11.4. The summed E-state index contributed by atoms with van der Waals surface area (Å²) < 4.78 is 0. The molecule has 1 rings (SSSR count). The Balaban J connectivity index is 3.03. The summed E-state index contributed by atoms with van der Waals surface area (Å²) in [5.74, 6) is -0.274. The summed E-state index contributed by atoms with van der Waals surface area (Å²) in [7, 11) is 0. The molecule has 1 atom stereocenters. The number of amides is 1. The van der Waals surface area contributed by atoms with Crippen molar-refractivity contribution >= 4 is 5.91 Å². The maximum Gasteiger partial charge on any atom is 0.255 e. The second-order valence-electron chi connectivity index (χ2n) is 3.59. The zero-order valence-corrected chi connectivity index (χ0v) is 9.07. The SMILES string of the molecule is C=CC1=C(C=C)N(C(=O)C(C)O)CCC1.